The third kappa shape index (κ3) is 2.73. The van der Waals surface area contributed by atoms with Gasteiger partial charge in [0.1, 0.15) is 17.2 Å². The summed E-state index contributed by atoms with van der Waals surface area (Å²) in [5, 5.41) is 12.2. The van der Waals surface area contributed by atoms with Crippen molar-refractivity contribution in [2.75, 3.05) is 14.2 Å². The van der Waals surface area contributed by atoms with Crippen molar-refractivity contribution in [3.8, 4) is 28.4 Å². The van der Waals surface area contributed by atoms with Crippen molar-refractivity contribution < 1.29 is 14.6 Å². The highest BCUT2D eigenvalue weighted by Gasteiger charge is 2.32. The van der Waals surface area contributed by atoms with Crippen LogP contribution in [0.2, 0.25) is 0 Å². The molecule has 4 aromatic carbocycles. The van der Waals surface area contributed by atoms with Gasteiger partial charge in [-0.25, -0.2) is 0 Å². The molecule has 0 fully saturated rings. The van der Waals surface area contributed by atoms with E-state index in [0.717, 1.165) is 23.3 Å². The van der Waals surface area contributed by atoms with Crippen LogP contribution in [-0.4, -0.2) is 19.3 Å². The largest absolute Gasteiger partial charge is 0.508 e. The smallest absolute Gasteiger partial charge is 0.122 e. The molecule has 0 aliphatic heterocycles. The Morgan fingerprint density at radius 3 is 2.33 bits per heavy atom. The topological polar surface area (TPSA) is 38.7 Å². The number of fused-ring (bicyclic) bond motifs is 5. The molecule has 30 heavy (non-hydrogen) atoms. The Labute approximate surface area is 176 Å². The zero-order valence-corrected chi connectivity index (χ0v) is 17.4. The average molecular weight is 396 g/mol. The van der Waals surface area contributed by atoms with Crippen molar-refractivity contribution in [1.82, 2.24) is 0 Å². The molecule has 0 saturated carbocycles. The highest BCUT2D eigenvalue weighted by molar-refractivity contribution is 5.98. The van der Waals surface area contributed by atoms with E-state index in [4.69, 9.17) is 9.47 Å². The Bertz CT molecular complexity index is 1260. The second kappa shape index (κ2) is 7.10. The van der Waals surface area contributed by atoms with Crippen LogP contribution < -0.4 is 9.47 Å². The third-order valence-electron chi connectivity index (χ3n) is 6.22. The zero-order valence-electron chi connectivity index (χ0n) is 17.4. The predicted octanol–water partition coefficient (Wildman–Crippen LogP) is 6.29. The van der Waals surface area contributed by atoms with Crippen LogP contribution in [0.25, 0.3) is 21.9 Å². The first-order chi connectivity index (χ1) is 14.6. The fraction of sp³-hybridized carbons (Fsp3) is 0.185. The normalized spacial score (nSPS) is 14.4. The van der Waals surface area contributed by atoms with Crippen LogP contribution in [0.5, 0.6) is 17.2 Å². The van der Waals surface area contributed by atoms with Gasteiger partial charge < -0.3 is 14.6 Å². The van der Waals surface area contributed by atoms with Crippen LogP contribution in [0.15, 0.2) is 66.7 Å². The van der Waals surface area contributed by atoms with Gasteiger partial charge in [-0.05, 0) is 80.9 Å². The first kappa shape index (κ1) is 18.6. The Morgan fingerprint density at radius 1 is 0.833 bits per heavy atom. The van der Waals surface area contributed by atoms with Crippen LogP contribution in [0.3, 0.4) is 0 Å². The number of benzene rings is 4. The monoisotopic (exact) mass is 396 g/mol. The summed E-state index contributed by atoms with van der Waals surface area (Å²) in [6, 6.07) is 22.7. The molecule has 3 nitrogen and oxygen atoms in total. The minimum atomic E-state index is 0.101. The number of methoxy groups -OCH3 is 2. The number of aromatic hydroxyl groups is 1. The van der Waals surface area contributed by atoms with E-state index < -0.39 is 0 Å². The van der Waals surface area contributed by atoms with Crippen LogP contribution in [0, 0.1) is 0 Å². The molecule has 0 heterocycles. The molecule has 1 aliphatic rings. The van der Waals surface area contributed by atoms with Crippen molar-refractivity contribution >= 4 is 10.8 Å². The number of phenolic OH excluding ortho intramolecular Hbond substituents is 1. The molecular weight excluding hydrogens is 372 g/mol. The number of ether oxygens (including phenoxy) is 2. The minimum absolute atomic E-state index is 0.101. The summed E-state index contributed by atoms with van der Waals surface area (Å²) in [5.74, 6) is 2.17. The summed E-state index contributed by atoms with van der Waals surface area (Å²) in [4.78, 5) is 0. The van der Waals surface area contributed by atoms with Gasteiger partial charge in [-0.1, -0.05) is 43.3 Å². The first-order valence-corrected chi connectivity index (χ1v) is 10.2. The lowest BCUT2D eigenvalue weighted by atomic mass is 9.86. The molecule has 0 aromatic heterocycles. The molecule has 3 heteroatoms. The third-order valence-corrected chi connectivity index (χ3v) is 6.22. The predicted molar refractivity (Wildman–Crippen MR) is 121 cm³/mol. The quantitative estimate of drug-likeness (QED) is 0.388. The fourth-order valence-corrected chi connectivity index (χ4v) is 4.76. The van der Waals surface area contributed by atoms with E-state index >= 15 is 0 Å². The molecule has 0 bridgehead atoms. The number of aryl methyl sites for hydroxylation is 1. The maximum atomic E-state index is 9.84. The summed E-state index contributed by atoms with van der Waals surface area (Å²) in [5.41, 5.74) is 7.42. The van der Waals surface area contributed by atoms with E-state index in [0.29, 0.717) is 0 Å². The van der Waals surface area contributed by atoms with Crippen LogP contribution in [-0.2, 0) is 6.42 Å². The van der Waals surface area contributed by atoms with Crippen molar-refractivity contribution in [3.05, 3.63) is 89.0 Å². The number of hydrogen-bond donors (Lipinski definition) is 1. The molecule has 0 radical (unpaired) electrons. The number of hydrogen-bond acceptors (Lipinski definition) is 3. The first-order valence-electron chi connectivity index (χ1n) is 10.2. The average Bonchev–Trinajstić information content (AvgIpc) is 3.11. The Kier molecular flexibility index (Phi) is 4.39. The van der Waals surface area contributed by atoms with Gasteiger partial charge in [0, 0.05) is 5.92 Å². The van der Waals surface area contributed by atoms with Gasteiger partial charge >= 0.3 is 0 Å². The van der Waals surface area contributed by atoms with Gasteiger partial charge in [0.25, 0.3) is 0 Å². The Hall–Kier alpha value is -3.46. The molecule has 0 saturated heterocycles. The van der Waals surface area contributed by atoms with Crippen LogP contribution >= 0.6 is 0 Å². The van der Waals surface area contributed by atoms with Gasteiger partial charge in [-0.15, -0.1) is 0 Å². The molecule has 5 rings (SSSR count). The standard InChI is InChI=1S/C27H24O3/c1-4-16-14-24-23(15-25(16)30-3)22-11-7-18-13-20(29-2)10-12-21(18)27(22)26(24)17-5-8-19(28)9-6-17/h5-15,26,28H,4H2,1-3H3. The second-order valence-corrected chi connectivity index (χ2v) is 7.74. The molecule has 1 N–H and O–H groups in total. The fourth-order valence-electron chi connectivity index (χ4n) is 4.76. The maximum absolute atomic E-state index is 9.84. The Balaban J connectivity index is 1.84. The number of phenols is 1. The molecule has 0 amide bonds. The summed E-state index contributed by atoms with van der Waals surface area (Å²) < 4.78 is 11.1. The van der Waals surface area contributed by atoms with Gasteiger partial charge in [-0.2, -0.15) is 0 Å². The van der Waals surface area contributed by atoms with E-state index in [1.807, 2.05) is 18.2 Å². The molecule has 4 aromatic rings. The highest BCUT2D eigenvalue weighted by Crippen LogP contribution is 2.52. The lowest BCUT2D eigenvalue weighted by Crippen LogP contribution is -2.01. The molecule has 0 spiro atoms. The molecule has 1 atom stereocenters. The summed E-state index contributed by atoms with van der Waals surface area (Å²) >= 11 is 0. The van der Waals surface area contributed by atoms with Crippen molar-refractivity contribution in [2.45, 2.75) is 19.3 Å². The molecule has 1 aliphatic carbocycles. The summed E-state index contributed by atoms with van der Waals surface area (Å²) in [6.45, 7) is 2.16. The van der Waals surface area contributed by atoms with Gasteiger partial charge in [-0.3, -0.25) is 0 Å². The number of rotatable bonds is 4. The Morgan fingerprint density at radius 2 is 1.63 bits per heavy atom. The lowest BCUT2D eigenvalue weighted by molar-refractivity contribution is 0.410. The van der Waals surface area contributed by atoms with E-state index in [9.17, 15) is 5.11 Å². The highest BCUT2D eigenvalue weighted by atomic mass is 16.5. The minimum Gasteiger partial charge on any atom is -0.508 e. The molecular formula is C27H24O3. The van der Waals surface area contributed by atoms with Gasteiger partial charge in [0.2, 0.25) is 0 Å². The zero-order chi connectivity index (χ0) is 20.8. The van der Waals surface area contributed by atoms with Gasteiger partial charge in [0.05, 0.1) is 14.2 Å². The molecule has 1 unspecified atom stereocenters. The van der Waals surface area contributed by atoms with E-state index in [-0.39, 0.29) is 11.7 Å². The van der Waals surface area contributed by atoms with Crippen LogP contribution in [0.1, 0.15) is 35.1 Å². The maximum Gasteiger partial charge on any atom is 0.122 e. The van der Waals surface area contributed by atoms with Crippen LogP contribution in [0.4, 0.5) is 0 Å². The summed E-state index contributed by atoms with van der Waals surface area (Å²) in [7, 11) is 3.43. The van der Waals surface area contributed by atoms with E-state index in [1.165, 1.54) is 38.8 Å². The lowest BCUT2D eigenvalue weighted by Gasteiger charge is -2.18. The SMILES string of the molecule is CCc1cc2c(cc1OC)-c1ccc3cc(OC)ccc3c1C2c1ccc(O)cc1. The second-order valence-electron chi connectivity index (χ2n) is 7.74. The molecule has 150 valence electrons. The van der Waals surface area contributed by atoms with Crippen molar-refractivity contribution in [3.63, 3.8) is 0 Å². The van der Waals surface area contributed by atoms with E-state index in [1.54, 1.807) is 26.4 Å². The summed E-state index contributed by atoms with van der Waals surface area (Å²) in [6.07, 6.45) is 0.910. The van der Waals surface area contributed by atoms with Crippen molar-refractivity contribution in [2.24, 2.45) is 0 Å². The van der Waals surface area contributed by atoms with Gasteiger partial charge in [0.15, 0.2) is 0 Å². The van der Waals surface area contributed by atoms with Crippen molar-refractivity contribution in [1.29, 1.82) is 0 Å². The van der Waals surface area contributed by atoms with E-state index in [2.05, 4.69) is 43.3 Å².